The smallest absolute Gasteiger partial charge is 0.336 e. The quantitative estimate of drug-likeness (QED) is 0.654. The molecule has 158 valence electrons. The summed E-state index contributed by atoms with van der Waals surface area (Å²) in [4.78, 5) is 27.0. The Morgan fingerprint density at radius 1 is 1.10 bits per heavy atom. The highest BCUT2D eigenvalue weighted by Crippen LogP contribution is 2.39. The van der Waals surface area contributed by atoms with Crippen LogP contribution in [-0.2, 0) is 20.9 Å². The van der Waals surface area contributed by atoms with E-state index in [-0.39, 0.29) is 35.4 Å². The Labute approximate surface area is 173 Å². The molecular formula is C23H22F3NO3. The van der Waals surface area contributed by atoms with Crippen molar-refractivity contribution in [3.05, 3.63) is 82.3 Å². The van der Waals surface area contributed by atoms with E-state index in [0.717, 1.165) is 6.07 Å². The number of hydrogen-bond donors (Lipinski definition) is 0. The lowest BCUT2D eigenvalue weighted by Gasteiger charge is -2.35. The lowest BCUT2D eigenvalue weighted by atomic mass is 9.83. The summed E-state index contributed by atoms with van der Waals surface area (Å²) in [6, 6.07) is 9.62. The number of hydrogen-bond acceptors (Lipinski definition) is 3. The number of benzene rings is 2. The Morgan fingerprint density at radius 3 is 2.43 bits per heavy atom. The first-order valence-electron chi connectivity index (χ1n) is 9.60. The molecule has 3 rings (SSSR count). The summed E-state index contributed by atoms with van der Waals surface area (Å²) in [6.45, 7) is 4.63. The van der Waals surface area contributed by atoms with Gasteiger partial charge in [-0.15, -0.1) is 0 Å². The second-order valence-electron chi connectivity index (χ2n) is 7.42. The summed E-state index contributed by atoms with van der Waals surface area (Å²) in [5.74, 6) is -4.55. The van der Waals surface area contributed by atoms with Crippen LogP contribution in [0.3, 0.4) is 0 Å². The van der Waals surface area contributed by atoms with E-state index >= 15 is 0 Å². The summed E-state index contributed by atoms with van der Waals surface area (Å²) in [6.07, 6.45) is -0.622. The molecule has 0 saturated carbocycles. The van der Waals surface area contributed by atoms with Gasteiger partial charge < -0.3 is 9.64 Å². The molecule has 1 atom stereocenters. The summed E-state index contributed by atoms with van der Waals surface area (Å²) >= 11 is 0. The molecule has 7 heteroatoms. The van der Waals surface area contributed by atoms with E-state index < -0.39 is 41.4 Å². The predicted molar refractivity (Wildman–Crippen MR) is 105 cm³/mol. The number of halogens is 3. The molecule has 0 spiro atoms. The molecule has 0 aromatic heterocycles. The highest BCUT2D eigenvalue weighted by molar-refractivity contribution is 5.96. The minimum Gasteiger partial charge on any atom is -0.460 e. The molecule has 0 unspecified atom stereocenters. The van der Waals surface area contributed by atoms with Crippen LogP contribution < -0.4 is 0 Å². The lowest BCUT2D eigenvalue weighted by Crippen LogP contribution is -2.38. The van der Waals surface area contributed by atoms with Crippen molar-refractivity contribution in [2.45, 2.75) is 45.8 Å². The zero-order valence-electron chi connectivity index (χ0n) is 16.9. The Morgan fingerprint density at radius 2 is 1.77 bits per heavy atom. The van der Waals surface area contributed by atoms with Crippen LogP contribution in [0, 0.1) is 17.5 Å². The normalized spacial score (nSPS) is 17.0. The molecule has 30 heavy (non-hydrogen) atoms. The number of amides is 1. The third-order valence-electron chi connectivity index (χ3n) is 5.03. The van der Waals surface area contributed by atoms with Gasteiger partial charge >= 0.3 is 5.97 Å². The fraction of sp³-hybridized carbons (Fsp3) is 0.304. The van der Waals surface area contributed by atoms with E-state index in [1.807, 2.05) is 0 Å². The number of esters is 1. The fourth-order valence-corrected chi connectivity index (χ4v) is 3.61. The molecule has 0 bridgehead atoms. The SMILES string of the molecule is CC1=C(C(=O)OC(C)C)[C@H](c2ccccc2F)CC(=O)N1Cc1cccc(F)c1F. The first-order chi connectivity index (χ1) is 14.2. The molecule has 1 heterocycles. The highest BCUT2D eigenvalue weighted by Gasteiger charge is 2.38. The number of allylic oxidation sites excluding steroid dienone is 1. The highest BCUT2D eigenvalue weighted by atomic mass is 19.2. The molecule has 1 aliphatic heterocycles. The fourth-order valence-electron chi connectivity index (χ4n) is 3.61. The third-order valence-corrected chi connectivity index (χ3v) is 5.03. The Kier molecular flexibility index (Phi) is 6.29. The summed E-state index contributed by atoms with van der Waals surface area (Å²) in [5, 5.41) is 0. The maximum atomic E-state index is 14.5. The first-order valence-corrected chi connectivity index (χ1v) is 9.60. The van der Waals surface area contributed by atoms with Crippen molar-refractivity contribution in [1.82, 2.24) is 4.90 Å². The van der Waals surface area contributed by atoms with Crippen LogP contribution in [0.1, 0.15) is 44.2 Å². The monoisotopic (exact) mass is 417 g/mol. The van der Waals surface area contributed by atoms with Gasteiger partial charge in [-0.25, -0.2) is 18.0 Å². The van der Waals surface area contributed by atoms with Crippen molar-refractivity contribution in [2.24, 2.45) is 0 Å². The standard InChI is InChI=1S/C23H22F3NO3/c1-13(2)30-23(29)21-14(3)27(12-15-7-6-10-19(25)22(15)26)20(28)11-17(21)16-8-4-5-9-18(16)24/h4-10,13,17H,11-12H2,1-3H3/t17-/m0/s1. The molecule has 1 amide bonds. The molecule has 0 fully saturated rings. The van der Waals surface area contributed by atoms with Gasteiger partial charge in [0, 0.05) is 23.6 Å². The molecule has 4 nitrogen and oxygen atoms in total. The molecule has 2 aromatic rings. The summed E-state index contributed by atoms with van der Waals surface area (Å²) in [5.41, 5.74) is 0.542. The van der Waals surface area contributed by atoms with Crippen LogP contribution >= 0.6 is 0 Å². The van der Waals surface area contributed by atoms with Gasteiger partial charge in [0.2, 0.25) is 5.91 Å². The maximum Gasteiger partial charge on any atom is 0.336 e. The lowest BCUT2D eigenvalue weighted by molar-refractivity contribution is -0.143. The number of carbonyl (C=O) groups is 2. The van der Waals surface area contributed by atoms with E-state index in [4.69, 9.17) is 4.74 Å². The van der Waals surface area contributed by atoms with Gasteiger partial charge in [0.25, 0.3) is 0 Å². The van der Waals surface area contributed by atoms with E-state index in [1.54, 1.807) is 19.9 Å². The largest absolute Gasteiger partial charge is 0.460 e. The molecule has 0 N–H and O–H groups in total. The van der Waals surface area contributed by atoms with Crippen molar-refractivity contribution < 1.29 is 27.5 Å². The Balaban J connectivity index is 2.08. The van der Waals surface area contributed by atoms with Crippen LogP contribution in [0.15, 0.2) is 53.7 Å². The average molecular weight is 417 g/mol. The second-order valence-corrected chi connectivity index (χ2v) is 7.42. The minimum absolute atomic E-state index is 0.0244. The van der Waals surface area contributed by atoms with E-state index in [9.17, 15) is 22.8 Å². The van der Waals surface area contributed by atoms with Gasteiger partial charge in [-0.2, -0.15) is 0 Å². The van der Waals surface area contributed by atoms with Crippen LogP contribution in [0.4, 0.5) is 13.2 Å². The molecule has 0 saturated heterocycles. The van der Waals surface area contributed by atoms with Crippen molar-refractivity contribution in [3.63, 3.8) is 0 Å². The minimum atomic E-state index is -1.05. The average Bonchev–Trinajstić information content (AvgIpc) is 2.67. The van der Waals surface area contributed by atoms with Crippen molar-refractivity contribution in [3.8, 4) is 0 Å². The summed E-state index contributed by atoms with van der Waals surface area (Å²) in [7, 11) is 0. The van der Waals surface area contributed by atoms with Gasteiger partial charge in [-0.05, 0) is 38.5 Å². The maximum absolute atomic E-state index is 14.5. The van der Waals surface area contributed by atoms with E-state index in [2.05, 4.69) is 0 Å². The van der Waals surface area contributed by atoms with Gasteiger partial charge in [0.05, 0.1) is 18.2 Å². The number of carbonyl (C=O) groups excluding carboxylic acids is 2. The third kappa shape index (κ3) is 4.25. The van der Waals surface area contributed by atoms with Crippen LogP contribution in [0.25, 0.3) is 0 Å². The number of nitrogens with zero attached hydrogens (tertiary/aromatic N) is 1. The second kappa shape index (κ2) is 8.73. The topological polar surface area (TPSA) is 46.6 Å². The van der Waals surface area contributed by atoms with Crippen LogP contribution in [0.2, 0.25) is 0 Å². The Bertz CT molecular complexity index is 1020. The van der Waals surface area contributed by atoms with Gasteiger partial charge in [0.1, 0.15) is 5.82 Å². The summed E-state index contributed by atoms with van der Waals surface area (Å²) < 4.78 is 47.6. The number of ether oxygens (including phenoxy) is 1. The zero-order valence-corrected chi connectivity index (χ0v) is 16.9. The molecule has 0 radical (unpaired) electrons. The van der Waals surface area contributed by atoms with Crippen LogP contribution in [0.5, 0.6) is 0 Å². The number of rotatable bonds is 5. The van der Waals surface area contributed by atoms with Crippen molar-refractivity contribution in [1.29, 1.82) is 0 Å². The van der Waals surface area contributed by atoms with E-state index in [0.29, 0.717) is 0 Å². The van der Waals surface area contributed by atoms with Crippen molar-refractivity contribution >= 4 is 11.9 Å². The van der Waals surface area contributed by atoms with Crippen LogP contribution in [-0.4, -0.2) is 22.9 Å². The first kappa shape index (κ1) is 21.6. The van der Waals surface area contributed by atoms with Gasteiger partial charge in [-0.1, -0.05) is 30.3 Å². The van der Waals surface area contributed by atoms with Gasteiger partial charge in [-0.3, -0.25) is 4.79 Å². The zero-order chi connectivity index (χ0) is 22.0. The molecule has 0 aliphatic carbocycles. The van der Waals surface area contributed by atoms with Crippen molar-refractivity contribution in [2.75, 3.05) is 0 Å². The van der Waals surface area contributed by atoms with E-state index in [1.165, 1.54) is 42.2 Å². The molecule has 1 aliphatic rings. The predicted octanol–water partition coefficient (Wildman–Crippen LogP) is 4.85. The molecular weight excluding hydrogens is 395 g/mol. The van der Waals surface area contributed by atoms with Gasteiger partial charge in [0.15, 0.2) is 11.6 Å². The Hall–Kier alpha value is -3.09. The molecule has 2 aromatic carbocycles.